The van der Waals surface area contributed by atoms with E-state index in [1.807, 2.05) is 0 Å². The topological polar surface area (TPSA) is 8.17 Å². The molecule has 0 aliphatic heterocycles. The summed E-state index contributed by atoms with van der Waals surface area (Å²) in [4.78, 5) is 2.50. The molecule has 12 aromatic carbocycles. The van der Waals surface area contributed by atoms with Crippen LogP contribution in [0.1, 0.15) is 22.3 Å². The van der Waals surface area contributed by atoms with Gasteiger partial charge in [0.05, 0.1) is 22.1 Å². The van der Waals surface area contributed by atoms with Crippen molar-refractivity contribution in [3.63, 3.8) is 0 Å². The van der Waals surface area contributed by atoms with E-state index in [9.17, 15) is 0 Å². The molecule has 0 amide bonds. The minimum absolute atomic E-state index is 0.634. The second-order valence-corrected chi connectivity index (χ2v) is 18.8. The molecule has 71 heavy (non-hydrogen) atoms. The summed E-state index contributed by atoms with van der Waals surface area (Å²) < 4.78 is 2.47. The highest BCUT2D eigenvalue weighted by atomic mass is 15.1. The molecule has 2 nitrogen and oxygen atoms in total. The molecule has 0 N–H and O–H groups in total. The number of hydrogen-bond donors (Lipinski definition) is 0. The number of benzene rings is 12. The Hall–Kier alpha value is -9.24. The fourth-order valence-corrected chi connectivity index (χ4v) is 11.9. The minimum Gasteiger partial charge on any atom is -0.310 e. The second kappa shape index (κ2) is 16.5. The summed E-state index contributed by atoms with van der Waals surface area (Å²) in [6.45, 7) is 0. The van der Waals surface area contributed by atoms with E-state index in [1.165, 1.54) is 82.3 Å². The maximum atomic E-state index is 2.50. The van der Waals surface area contributed by atoms with E-state index < -0.39 is 5.41 Å². The van der Waals surface area contributed by atoms with Gasteiger partial charge in [-0.3, -0.25) is 0 Å². The average Bonchev–Trinajstić information content (AvgIpc) is 3.94. The summed E-state index contributed by atoms with van der Waals surface area (Å²) in [6.07, 6.45) is 0. The molecule has 0 radical (unpaired) electrons. The van der Waals surface area contributed by atoms with E-state index in [2.05, 4.69) is 289 Å². The molecular weight excluding hydrogens is 857 g/mol. The smallest absolute Gasteiger partial charge is 0.0714 e. The van der Waals surface area contributed by atoms with Gasteiger partial charge in [0.15, 0.2) is 0 Å². The average molecular weight is 903 g/mol. The van der Waals surface area contributed by atoms with Gasteiger partial charge in [0.1, 0.15) is 0 Å². The van der Waals surface area contributed by atoms with Gasteiger partial charge in [-0.15, -0.1) is 0 Å². The minimum atomic E-state index is -0.634. The molecule has 14 rings (SSSR count). The molecule has 0 spiro atoms. The van der Waals surface area contributed by atoms with Crippen LogP contribution < -0.4 is 4.90 Å². The first kappa shape index (κ1) is 40.8. The van der Waals surface area contributed by atoms with Crippen LogP contribution in [-0.2, 0) is 5.41 Å². The van der Waals surface area contributed by atoms with Crippen LogP contribution in [0.15, 0.2) is 279 Å². The lowest BCUT2D eigenvalue weighted by atomic mass is 9.67. The zero-order valence-corrected chi connectivity index (χ0v) is 39.0. The van der Waals surface area contributed by atoms with Crippen molar-refractivity contribution in [2.45, 2.75) is 5.41 Å². The third-order valence-electron chi connectivity index (χ3n) is 15.0. The van der Waals surface area contributed by atoms with Crippen LogP contribution >= 0.6 is 0 Å². The van der Waals surface area contributed by atoms with Crippen LogP contribution in [0.4, 0.5) is 17.1 Å². The molecular formula is C69H46N2. The van der Waals surface area contributed by atoms with Crippen molar-refractivity contribution in [1.82, 2.24) is 4.57 Å². The highest BCUT2D eigenvalue weighted by Crippen LogP contribution is 2.58. The maximum absolute atomic E-state index is 2.50. The van der Waals surface area contributed by atoms with Crippen molar-refractivity contribution in [2.24, 2.45) is 0 Å². The lowest BCUT2D eigenvalue weighted by molar-refractivity contribution is 0.768. The summed E-state index contributed by atoms with van der Waals surface area (Å²) >= 11 is 0. The molecule has 332 valence electrons. The Morgan fingerprint density at radius 3 is 1.61 bits per heavy atom. The summed E-state index contributed by atoms with van der Waals surface area (Å²) in [7, 11) is 0. The van der Waals surface area contributed by atoms with Crippen LogP contribution in [0.3, 0.4) is 0 Å². The van der Waals surface area contributed by atoms with Gasteiger partial charge in [-0.05, 0) is 121 Å². The summed E-state index contributed by atoms with van der Waals surface area (Å²) in [5.74, 6) is 0. The molecule has 1 aromatic heterocycles. The molecule has 1 heterocycles. The van der Waals surface area contributed by atoms with Gasteiger partial charge < -0.3 is 9.47 Å². The largest absolute Gasteiger partial charge is 0.310 e. The predicted molar refractivity (Wildman–Crippen MR) is 299 cm³/mol. The monoisotopic (exact) mass is 902 g/mol. The second-order valence-electron chi connectivity index (χ2n) is 18.8. The number of nitrogens with zero attached hydrogens (tertiary/aromatic N) is 2. The van der Waals surface area contributed by atoms with Gasteiger partial charge in [0.2, 0.25) is 0 Å². The van der Waals surface area contributed by atoms with Gasteiger partial charge in [-0.25, -0.2) is 0 Å². The number of hydrogen-bond acceptors (Lipinski definition) is 1. The standard InChI is InChI=1S/C69H46N2/c1-5-20-48(21-6-1)58-30-17-18-32-66(58)70(57-38-42-62-63-40-35-49-22-15-16-31-59(49)68(63)71(67(62)46-57)55-28-11-4-12-29-55)56-37-41-61-60-39-36-52(51-34-33-47-19-13-14-23-50(47)43-51)44-64(60)69(65(61)45-56,53-24-7-2-8-25-53)54-26-9-3-10-27-54/h1-46H. The maximum Gasteiger partial charge on any atom is 0.0714 e. The van der Waals surface area contributed by atoms with Crippen LogP contribution in [0.5, 0.6) is 0 Å². The van der Waals surface area contributed by atoms with Crippen LogP contribution in [0, 0.1) is 0 Å². The first-order valence-electron chi connectivity index (χ1n) is 24.6. The van der Waals surface area contributed by atoms with Gasteiger partial charge in [-0.2, -0.15) is 0 Å². The van der Waals surface area contributed by atoms with E-state index in [0.29, 0.717) is 0 Å². The molecule has 0 saturated carbocycles. The van der Waals surface area contributed by atoms with Crippen molar-refractivity contribution in [1.29, 1.82) is 0 Å². The van der Waals surface area contributed by atoms with Crippen LogP contribution in [0.2, 0.25) is 0 Å². The molecule has 1 aliphatic rings. The molecule has 2 heteroatoms. The SMILES string of the molecule is c1ccc(-c2ccccc2N(c2ccc3c(c2)C(c2ccccc2)(c2ccccc2)c2cc(-c4ccc5ccccc5c4)ccc2-3)c2ccc3c4ccc5ccccc5c4n(-c4ccccc4)c3c2)cc1. The third-order valence-corrected chi connectivity index (χ3v) is 15.0. The number of rotatable bonds is 8. The van der Waals surface area contributed by atoms with Crippen molar-refractivity contribution in [3.8, 4) is 39.1 Å². The van der Waals surface area contributed by atoms with E-state index in [0.717, 1.165) is 39.4 Å². The lowest BCUT2D eigenvalue weighted by Crippen LogP contribution is -2.28. The highest BCUT2D eigenvalue weighted by molar-refractivity contribution is 6.19. The predicted octanol–water partition coefficient (Wildman–Crippen LogP) is 18.3. The molecule has 0 unspecified atom stereocenters. The Bertz CT molecular complexity index is 4110. The van der Waals surface area contributed by atoms with Gasteiger partial charge in [0.25, 0.3) is 0 Å². The van der Waals surface area contributed by atoms with E-state index in [-0.39, 0.29) is 0 Å². The summed E-state index contributed by atoms with van der Waals surface area (Å²) in [6, 6.07) is 103. The Morgan fingerprint density at radius 2 is 0.845 bits per heavy atom. The first-order valence-corrected chi connectivity index (χ1v) is 24.6. The van der Waals surface area contributed by atoms with Gasteiger partial charge in [-0.1, -0.05) is 224 Å². The fraction of sp³-hybridized carbons (Fsp3) is 0.0145. The lowest BCUT2D eigenvalue weighted by Gasteiger charge is -2.35. The Balaban J connectivity index is 1.05. The normalized spacial score (nSPS) is 12.6. The Labute approximate surface area is 413 Å². The van der Waals surface area contributed by atoms with Gasteiger partial charge >= 0.3 is 0 Å². The van der Waals surface area contributed by atoms with Crippen LogP contribution in [0.25, 0.3) is 82.4 Å². The molecule has 13 aromatic rings. The van der Waals surface area contributed by atoms with Crippen molar-refractivity contribution >= 4 is 60.4 Å². The summed E-state index contributed by atoms with van der Waals surface area (Å²) in [5.41, 5.74) is 18.3. The van der Waals surface area contributed by atoms with Crippen LogP contribution in [-0.4, -0.2) is 4.57 Å². The molecule has 0 saturated heterocycles. The molecule has 0 bridgehead atoms. The van der Waals surface area contributed by atoms with E-state index in [1.54, 1.807) is 0 Å². The van der Waals surface area contributed by atoms with Crippen molar-refractivity contribution < 1.29 is 0 Å². The zero-order chi connectivity index (χ0) is 46.9. The third kappa shape index (κ3) is 6.42. The number of fused-ring (bicyclic) bond motifs is 9. The molecule has 1 aliphatic carbocycles. The van der Waals surface area contributed by atoms with Crippen molar-refractivity contribution in [2.75, 3.05) is 4.90 Å². The number of anilines is 3. The van der Waals surface area contributed by atoms with Gasteiger partial charge in [0, 0.05) is 38.8 Å². The Morgan fingerprint density at radius 1 is 0.310 bits per heavy atom. The molecule has 0 fully saturated rings. The number of para-hydroxylation sites is 2. The highest BCUT2D eigenvalue weighted by Gasteiger charge is 2.46. The molecule has 0 atom stereocenters. The number of aromatic nitrogens is 1. The van der Waals surface area contributed by atoms with Crippen molar-refractivity contribution in [3.05, 3.63) is 301 Å². The summed E-state index contributed by atoms with van der Waals surface area (Å²) in [5, 5.41) is 7.39. The van der Waals surface area contributed by atoms with E-state index in [4.69, 9.17) is 0 Å². The fourth-order valence-electron chi connectivity index (χ4n) is 11.9. The Kier molecular flexibility index (Phi) is 9.47. The zero-order valence-electron chi connectivity index (χ0n) is 39.0. The quantitative estimate of drug-likeness (QED) is 0.147. The van der Waals surface area contributed by atoms with E-state index >= 15 is 0 Å². The first-order chi connectivity index (χ1) is 35.2.